The molecule has 1 saturated heterocycles. The summed E-state index contributed by atoms with van der Waals surface area (Å²) in [6, 6.07) is 14.0. The van der Waals surface area contributed by atoms with E-state index < -0.39 is 5.54 Å². The highest BCUT2D eigenvalue weighted by atomic mass is 16.5. The first kappa shape index (κ1) is 20.9. The van der Waals surface area contributed by atoms with Crippen LogP contribution in [0.2, 0.25) is 0 Å². The number of carbonyl (C=O) groups excluding carboxylic acids is 2. The number of fused-ring (bicyclic) bond motifs is 2. The standard InChI is InChI=1S/C26H30N2O4/c1-31-21-7-8-22(23(15-21)32-2)27-25(30)26(28-12-10-24(28)29)11-9-19-13-17-5-3-4-6-18(17)14-20(19)16-26/h3-8,15,19-20H,9-14,16H2,1-2H3,(H,27,30)/t19-,20+,26-/m1/s1. The van der Waals surface area contributed by atoms with Gasteiger partial charge in [0, 0.05) is 19.0 Å². The molecule has 0 unspecified atom stereocenters. The van der Waals surface area contributed by atoms with Crippen molar-refractivity contribution in [3.05, 3.63) is 53.6 Å². The Labute approximate surface area is 188 Å². The Morgan fingerprint density at radius 3 is 2.44 bits per heavy atom. The Balaban J connectivity index is 1.44. The Morgan fingerprint density at radius 1 is 1.06 bits per heavy atom. The van der Waals surface area contributed by atoms with Gasteiger partial charge in [-0.25, -0.2) is 0 Å². The minimum Gasteiger partial charge on any atom is -0.497 e. The second-order valence-electron chi connectivity index (χ2n) is 9.29. The van der Waals surface area contributed by atoms with Crippen molar-refractivity contribution in [1.29, 1.82) is 0 Å². The number of likely N-dealkylation sites (tertiary alicyclic amines) is 1. The van der Waals surface area contributed by atoms with Crippen LogP contribution in [0.3, 0.4) is 0 Å². The number of nitrogens with zero attached hydrogens (tertiary/aromatic N) is 1. The smallest absolute Gasteiger partial charge is 0.250 e. The molecule has 0 aromatic heterocycles. The van der Waals surface area contributed by atoms with Gasteiger partial charge in [0.05, 0.1) is 19.9 Å². The maximum Gasteiger partial charge on any atom is 0.250 e. The normalized spacial score (nSPS) is 26.4. The van der Waals surface area contributed by atoms with Gasteiger partial charge in [-0.1, -0.05) is 24.3 Å². The van der Waals surface area contributed by atoms with Gasteiger partial charge >= 0.3 is 0 Å². The summed E-state index contributed by atoms with van der Waals surface area (Å²) in [6.07, 6.45) is 4.94. The Kier molecular flexibility index (Phi) is 5.31. The van der Waals surface area contributed by atoms with Gasteiger partial charge in [0.1, 0.15) is 17.0 Å². The first-order valence-corrected chi connectivity index (χ1v) is 11.4. The summed E-state index contributed by atoms with van der Waals surface area (Å²) in [5.74, 6) is 2.15. The third-order valence-electron chi connectivity index (χ3n) is 7.72. The zero-order valence-electron chi connectivity index (χ0n) is 18.7. The SMILES string of the molecule is COc1ccc(NC(=O)[C@@]2(N3CCC3=O)CC[C@@H]3Cc4ccccc4C[C@H]3C2)c(OC)c1. The predicted octanol–water partition coefficient (Wildman–Crippen LogP) is 3.83. The van der Waals surface area contributed by atoms with Gasteiger partial charge in [-0.15, -0.1) is 0 Å². The van der Waals surface area contributed by atoms with E-state index in [1.165, 1.54) is 11.1 Å². The van der Waals surface area contributed by atoms with Crippen molar-refractivity contribution < 1.29 is 19.1 Å². The van der Waals surface area contributed by atoms with Crippen molar-refractivity contribution in [2.45, 2.75) is 44.1 Å². The molecule has 2 fully saturated rings. The fourth-order valence-corrected chi connectivity index (χ4v) is 5.87. The van der Waals surface area contributed by atoms with Gasteiger partial charge in [0.15, 0.2) is 0 Å². The molecule has 2 aromatic carbocycles. The van der Waals surface area contributed by atoms with Crippen LogP contribution < -0.4 is 14.8 Å². The molecule has 6 nitrogen and oxygen atoms in total. The molecule has 5 rings (SSSR count). The number of hydrogen-bond acceptors (Lipinski definition) is 4. The molecule has 0 radical (unpaired) electrons. The van der Waals surface area contributed by atoms with Crippen LogP contribution in [-0.4, -0.2) is 43.0 Å². The monoisotopic (exact) mass is 434 g/mol. The number of amides is 2. The number of methoxy groups -OCH3 is 2. The summed E-state index contributed by atoms with van der Waals surface area (Å²) < 4.78 is 10.8. The van der Waals surface area contributed by atoms with E-state index in [9.17, 15) is 9.59 Å². The number of ether oxygens (including phenoxy) is 2. The summed E-state index contributed by atoms with van der Waals surface area (Å²) in [4.78, 5) is 28.2. The molecule has 1 heterocycles. The third kappa shape index (κ3) is 3.42. The van der Waals surface area contributed by atoms with E-state index in [2.05, 4.69) is 29.6 Å². The number of benzene rings is 2. The molecule has 1 saturated carbocycles. The molecule has 168 valence electrons. The lowest BCUT2D eigenvalue weighted by molar-refractivity contribution is -0.159. The third-order valence-corrected chi connectivity index (χ3v) is 7.72. The van der Waals surface area contributed by atoms with Crippen molar-refractivity contribution in [3.8, 4) is 11.5 Å². The maximum atomic E-state index is 13.8. The lowest BCUT2D eigenvalue weighted by Gasteiger charge is -2.53. The minimum atomic E-state index is -0.798. The Morgan fingerprint density at radius 2 is 1.81 bits per heavy atom. The summed E-state index contributed by atoms with van der Waals surface area (Å²) in [7, 11) is 3.17. The highest BCUT2D eigenvalue weighted by Crippen LogP contribution is 2.48. The van der Waals surface area contributed by atoms with Crippen LogP contribution in [0.5, 0.6) is 11.5 Å². The predicted molar refractivity (Wildman–Crippen MR) is 122 cm³/mol. The number of hydrogen-bond donors (Lipinski definition) is 1. The van der Waals surface area contributed by atoms with E-state index in [0.29, 0.717) is 54.8 Å². The molecule has 1 N–H and O–H groups in total. The first-order valence-electron chi connectivity index (χ1n) is 11.4. The van der Waals surface area contributed by atoms with Crippen molar-refractivity contribution in [3.63, 3.8) is 0 Å². The van der Waals surface area contributed by atoms with Gasteiger partial charge in [-0.2, -0.15) is 0 Å². The molecule has 6 heteroatoms. The summed E-state index contributed by atoms with van der Waals surface area (Å²) in [6.45, 7) is 0.653. The average Bonchev–Trinajstić information content (AvgIpc) is 2.81. The molecule has 0 bridgehead atoms. The molecular weight excluding hydrogens is 404 g/mol. The molecule has 3 aliphatic rings. The first-order chi connectivity index (χ1) is 15.5. The fraction of sp³-hybridized carbons (Fsp3) is 0.462. The van der Waals surface area contributed by atoms with Gasteiger partial charge in [0.25, 0.3) is 0 Å². The van der Waals surface area contributed by atoms with Crippen molar-refractivity contribution in [2.24, 2.45) is 11.8 Å². The van der Waals surface area contributed by atoms with Gasteiger partial charge in [-0.3, -0.25) is 9.59 Å². The maximum absolute atomic E-state index is 13.8. The Bertz CT molecular complexity index is 1050. The summed E-state index contributed by atoms with van der Waals surface area (Å²) in [5.41, 5.74) is 2.63. The fourth-order valence-electron chi connectivity index (χ4n) is 5.87. The Hall–Kier alpha value is -3.02. The lowest BCUT2D eigenvalue weighted by Crippen LogP contribution is -2.66. The second-order valence-corrected chi connectivity index (χ2v) is 9.29. The zero-order chi connectivity index (χ0) is 22.3. The molecule has 32 heavy (non-hydrogen) atoms. The van der Waals surface area contributed by atoms with E-state index in [-0.39, 0.29) is 11.8 Å². The van der Waals surface area contributed by atoms with Crippen molar-refractivity contribution >= 4 is 17.5 Å². The zero-order valence-corrected chi connectivity index (χ0v) is 18.7. The number of carbonyl (C=O) groups is 2. The number of β-lactam (4-membered cyclic amide) rings is 1. The molecule has 2 aromatic rings. The van der Waals surface area contributed by atoms with Crippen LogP contribution in [0, 0.1) is 11.8 Å². The van der Waals surface area contributed by atoms with Crippen LogP contribution >= 0.6 is 0 Å². The molecule has 2 aliphatic carbocycles. The van der Waals surface area contributed by atoms with Crippen LogP contribution in [0.15, 0.2) is 42.5 Å². The van der Waals surface area contributed by atoms with Crippen LogP contribution in [0.1, 0.15) is 36.8 Å². The quantitative estimate of drug-likeness (QED) is 0.727. The van der Waals surface area contributed by atoms with Crippen molar-refractivity contribution in [2.75, 3.05) is 26.1 Å². The molecule has 2 amide bonds. The van der Waals surface area contributed by atoms with E-state index >= 15 is 0 Å². The van der Waals surface area contributed by atoms with Crippen molar-refractivity contribution in [1.82, 2.24) is 4.90 Å². The lowest BCUT2D eigenvalue weighted by atomic mass is 9.62. The molecule has 3 atom stereocenters. The summed E-state index contributed by atoms with van der Waals surface area (Å²) in [5, 5.41) is 3.09. The molecule has 1 aliphatic heterocycles. The van der Waals surface area contributed by atoms with Crippen LogP contribution in [0.4, 0.5) is 5.69 Å². The highest BCUT2D eigenvalue weighted by molar-refractivity contribution is 6.02. The molecular formula is C26H30N2O4. The van der Waals surface area contributed by atoms with E-state index in [0.717, 1.165) is 19.3 Å². The average molecular weight is 435 g/mol. The number of nitrogens with one attached hydrogen (secondary N) is 1. The topological polar surface area (TPSA) is 67.9 Å². The molecule has 0 spiro atoms. The van der Waals surface area contributed by atoms with Crippen LogP contribution in [-0.2, 0) is 22.4 Å². The van der Waals surface area contributed by atoms with Gasteiger partial charge in [0.2, 0.25) is 11.8 Å². The van der Waals surface area contributed by atoms with Gasteiger partial charge in [-0.05, 0) is 67.2 Å². The highest BCUT2D eigenvalue weighted by Gasteiger charge is 2.54. The van der Waals surface area contributed by atoms with E-state index in [4.69, 9.17) is 9.47 Å². The largest absolute Gasteiger partial charge is 0.497 e. The van der Waals surface area contributed by atoms with E-state index in [1.54, 1.807) is 32.4 Å². The van der Waals surface area contributed by atoms with Gasteiger partial charge < -0.3 is 19.7 Å². The number of anilines is 1. The summed E-state index contributed by atoms with van der Waals surface area (Å²) >= 11 is 0. The minimum absolute atomic E-state index is 0.0801. The van der Waals surface area contributed by atoms with E-state index in [1.807, 2.05) is 4.90 Å². The van der Waals surface area contributed by atoms with Crippen LogP contribution in [0.25, 0.3) is 0 Å². The second kappa shape index (κ2) is 8.15. The number of rotatable bonds is 5.